The third kappa shape index (κ3) is 6.21. The van der Waals surface area contributed by atoms with E-state index in [1.54, 1.807) is 0 Å². The van der Waals surface area contributed by atoms with Crippen LogP contribution in [0.2, 0.25) is 0 Å². The number of nitrogens with one attached hydrogen (secondary N) is 3. The number of nitrogens with two attached hydrogens (primary N) is 1. The lowest BCUT2D eigenvalue weighted by Crippen LogP contribution is -2.22. The van der Waals surface area contributed by atoms with Crippen molar-refractivity contribution in [2.45, 2.75) is 45.1 Å². The summed E-state index contributed by atoms with van der Waals surface area (Å²) in [6.07, 6.45) is 5.31. The Kier molecular flexibility index (Phi) is 8.67. The number of amides is 2. The number of anilines is 3. The Morgan fingerprint density at radius 1 is 1.15 bits per heavy atom. The van der Waals surface area contributed by atoms with Crippen molar-refractivity contribution in [3.05, 3.63) is 53.1 Å². The molecule has 0 spiro atoms. The first-order valence-electron chi connectivity index (χ1n) is 12.1. The standard InChI is InChI=1S/C26H34N4O2S2/c1-2-28-25(31)18-6-8-19(9-7-18)29-22-5-3-4-21-20(22)10-11-23(24(21)27)30-26(32)34-15-13-17-12-14-33-16-17/h6-11,17,22,29H,2-5,12-16,27H2,1H3,(H,28,31)(H,30,32). The average Bonchev–Trinajstić information content (AvgIpc) is 3.35. The minimum atomic E-state index is -0.0601. The minimum Gasteiger partial charge on any atom is -0.397 e. The van der Waals surface area contributed by atoms with E-state index in [0.717, 1.165) is 48.6 Å². The van der Waals surface area contributed by atoms with Gasteiger partial charge in [-0.15, -0.1) is 0 Å². The van der Waals surface area contributed by atoms with Crippen LogP contribution < -0.4 is 21.7 Å². The molecule has 1 saturated heterocycles. The van der Waals surface area contributed by atoms with Gasteiger partial charge in [0.1, 0.15) is 0 Å². The predicted molar refractivity (Wildman–Crippen MR) is 146 cm³/mol. The molecule has 2 aromatic carbocycles. The van der Waals surface area contributed by atoms with Crippen molar-refractivity contribution in [2.24, 2.45) is 5.92 Å². The molecule has 1 aliphatic heterocycles. The quantitative estimate of drug-likeness (QED) is 0.338. The zero-order valence-corrected chi connectivity index (χ0v) is 21.3. The van der Waals surface area contributed by atoms with E-state index in [-0.39, 0.29) is 17.2 Å². The van der Waals surface area contributed by atoms with E-state index in [4.69, 9.17) is 5.73 Å². The summed E-state index contributed by atoms with van der Waals surface area (Å²) in [7, 11) is 0. The zero-order chi connectivity index (χ0) is 23.9. The van der Waals surface area contributed by atoms with Crippen molar-refractivity contribution < 1.29 is 9.59 Å². The highest BCUT2D eigenvalue weighted by Gasteiger charge is 2.24. The van der Waals surface area contributed by atoms with Crippen LogP contribution in [0, 0.1) is 5.92 Å². The lowest BCUT2D eigenvalue weighted by Gasteiger charge is -2.29. The van der Waals surface area contributed by atoms with Crippen LogP contribution in [0.1, 0.15) is 60.1 Å². The van der Waals surface area contributed by atoms with Crippen LogP contribution in [-0.2, 0) is 6.42 Å². The molecule has 34 heavy (non-hydrogen) atoms. The second-order valence-electron chi connectivity index (χ2n) is 8.90. The number of carbonyl (C=O) groups is 2. The highest BCUT2D eigenvalue weighted by molar-refractivity contribution is 8.13. The minimum absolute atomic E-state index is 0.0324. The normalized spacial score (nSPS) is 19.3. The number of nitrogen functional groups attached to an aromatic ring is 1. The third-order valence-electron chi connectivity index (χ3n) is 6.53. The Balaban J connectivity index is 1.37. The summed E-state index contributed by atoms with van der Waals surface area (Å²) < 4.78 is 0. The molecule has 2 atom stereocenters. The molecule has 2 unspecified atom stereocenters. The molecule has 0 aromatic heterocycles. The van der Waals surface area contributed by atoms with E-state index in [1.165, 1.54) is 35.3 Å². The van der Waals surface area contributed by atoms with Crippen LogP contribution in [0.5, 0.6) is 0 Å². The predicted octanol–water partition coefficient (Wildman–Crippen LogP) is 5.92. The summed E-state index contributed by atoms with van der Waals surface area (Å²) in [5.74, 6) is 4.04. The molecule has 6 nitrogen and oxygen atoms in total. The smallest absolute Gasteiger partial charge is 0.283 e. The molecule has 2 aromatic rings. The first-order valence-corrected chi connectivity index (χ1v) is 14.3. The lowest BCUT2D eigenvalue weighted by atomic mass is 9.86. The van der Waals surface area contributed by atoms with E-state index in [0.29, 0.717) is 23.5 Å². The molecular formula is C26H34N4O2S2. The molecule has 0 bridgehead atoms. The molecule has 1 fully saturated rings. The maximum Gasteiger partial charge on any atom is 0.283 e. The molecule has 2 amide bonds. The van der Waals surface area contributed by atoms with Crippen LogP contribution in [0.15, 0.2) is 36.4 Å². The van der Waals surface area contributed by atoms with Crippen molar-refractivity contribution in [3.63, 3.8) is 0 Å². The van der Waals surface area contributed by atoms with Gasteiger partial charge in [0.2, 0.25) is 0 Å². The number of benzene rings is 2. The van der Waals surface area contributed by atoms with Crippen LogP contribution in [0.3, 0.4) is 0 Å². The maximum absolute atomic E-state index is 12.5. The van der Waals surface area contributed by atoms with Crippen molar-refractivity contribution in [1.29, 1.82) is 0 Å². The summed E-state index contributed by atoms with van der Waals surface area (Å²) >= 11 is 3.37. The van der Waals surface area contributed by atoms with Gasteiger partial charge in [-0.1, -0.05) is 17.8 Å². The topological polar surface area (TPSA) is 96.2 Å². The van der Waals surface area contributed by atoms with E-state index < -0.39 is 0 Å². The van der Waals surface area contributed by atoms with Crippen LogP contribution in [-0.4, -0.2) is 34.9 Å². The highest BCUT2D eigenvalue weighted by Crippen LogP contribution is 2.39. The number of carbonyl (C=O) groups excluding carboxylic acids is 2. The van der Waals surface area contributed by atoms with E-state index in [2.05, 4.69) is 22.0 Å². The number of hydrogen-bond acceptors (Lipinski definition) is 6. The molecule has 0 saturated carbocycles. The SMILES string of the molecule is CCNC(=O)c1ccc(NC2CCCc3c2ccc(NC(=O)SCCC2CCSC2)c3N)cc1. The molecule has 0 radical (unpaired) electrons. The molecule has 4 rings (SSSR count). The van der Waals surface area contributed by atoms with Gasteiger partial charge in [-0.25, -0.2) is 0 Å². The number of hydrogen-bond donors (Lipinski definition) is 4. The summed E-state index contributed by atoms with van der Waals surface area (Å²) in [6.45, 7) is 2.52. The second-order valence-corrected chi connectivity index (χ2v) is 11.1. The lowest BCUT2D eigenvalue weighted by molar-refractivity contribution is 0.0956. The first-order chi connectivity index (χ1) is 16.5. The number of rotatable bonds is 8. The van der Waals surface area contributed by atoms with Gasteiger partial charge in [0, 0.05) is 23.5 Å². The Hall–Kier alpha value is -2.32. The number of fused-ring (bicyclic) bond motifs is 1. The molecule has 2 aliphatic rings. The fraction of sp³-hybridized carbons (Fsp3) is 0.462. The van der Waals surface area contributed by atoms with Crippen molar-refractivity contribution in [2.75, 3.05) is 40.2 Å². The van der Waals surface area contributed by atoms with Gasteiger partial charge >= 0.3 is 0 Å². The summed E-state index contributed by atoms with van der Waals surface area (Å²) in [6, 6.07) is 11.7. The van der Waals surface area contributed by atoms with Gasteiger partial charge < -0.3 is 21.7 Å². The molecule has 1 heterocycles. The van der Waals surface area contributed by atoms with Crippen LogP contribution >= 0.6 is 23.5 Å². The second kappa shape index (κ2) is 11.9. The monoisotopic (exact) mass is 498 g/mol. The Bertz CT molecular complexity index is 1010. The van der Waals surface area contributed by atoms with Crippen LogP contribution in [0.4, 0.5) is 21.9 Å². The Labute approximate surface area is 210 Å². The van der Waals surface area contributed by atoms with E-state index >= 15 is 0 Å². The van der Waals surface area contributed by atoms with Gasteiger partial charge in [-0.05, 0) is 97.9 Å². The molecule has 182 valence electrons. The molecule has 8 heteroatoms. The van der Waals surface area contributed by atoms with Crippen molar-refractivity contribution >= 4 is 51.7 Å². The number of thioether (sulfide) groups is 2. The largest absolute Gasteiger partial charge is 0.397 e. The molecule has 1 aliphatic carbocycles. The summed E-state index contributed by atoms with van der Waals surface area (Å²) in [5, 5.41) is 9.40. The van der Waals surface area contributed by atoms with Gasteiger partial charge in [0.05, 0.1) is 17.4 Å². The molecular weight excluding hydrogens is 464 g/mol. The summed E-state index contributed by atoms with van der Waals surface area (Å²) in [5.41, 5.74) is 11.8. The summed E-state index contributed by atoms with van der Waals surface area (Å²) in [4.78, 5) is 24.5. The molecule has 5 N–H and O–H groups in total. The van der Waals surface area contributed by atoms with Gasteiger partial charge in [-0.3, -0.25) is 9.59 Å². The first kappa shape index (κ1) is 24.8. The average molecular weight is 499 g/mol. The zero-order valence-electron chi connectivity index (χ0n) is 19.7. The van der Waals surface area contributed by atoms with Gasteiger partial charge in [-0.2, -0.15) is 11.8 Å². The van der Waals surface area contributed by atoms with E-state index in [9.17, 15) is 9.59 Å². The Morgan fingerprint density at radius 3 is 2.71 bits per heavy atom. The van der Waals surface area contributed by atoms with Crippen molar-refractivity contribution in [1.82, 2.24) is 5.32 Å². The highest BCUT2D eigenvalue weighted by atomic mass is 32.2. The fourth-order valence-electron chi connectivity index (χ4n) is 4.64. The van der Waals surface area contributed by atoms with Gasteiger partial charge in [0.25, 0.3) is 11.1 Å². The van der Waals surface area contributed by atoms with Gasteiger partial charge in [0.15, 0.2) is 0 Å². The van der Waals surface area contributed by atoms with Crippen molar-refractivity contribution in [3.8, 4) is 0 Å². The maximum atomic E-state index is 12.5. The Morgan fingerprint density at radius 2 is 1.97 bits per heavy atom. The van der Waals surface area contributed by atoms with Crippen LogP contribution in [0.25, 0.3) is 0 Å². The third-order valence-corrected chi connectivity index (χ3v) is 8.57. The van der Waals surface area contributed by atoms with E-state index in [1.807, 2.05) is 49.0 Å². The fourth-order valence-corrected chi connectivity index (χ4v) is 6.79.